The van der Waals surface area contributed by atoms with Crippen LogP contribution in [0.25, 0.3) is 11.3 Å². The topological polar surface area (TPSA) is 42.4 Å². The minimum absolute atomic E-state index is 0.0294. The molecule has 0 radical (unpaired) electrons. The van der Waals surface area contributed by atoms with Gasteiger partial charge in [0.05, 0.1) is 23.1 Å². The minimum Gasteiger partial charge on any atom is -0.378 e. The van der Waals surface area contributed by atoms with Gasteiger partial charge in [0, 0.05) is 36.1 Å². The zero-order valence-corrected chi connectivity index (χ0v) is 16.4. The summed E-state index contributed by atoms with van der Waals surface area (Å²) < 4.78 is 5.79. The van der Waals surface area contributed by atoms with E-state index in [4.69, 9.17) is 4.74 Å². The lowest BCUT2D eigenvalue weighted by molar-refractivity contribution is -0.136. The summed E-state index contributed by atoms with van der Waals surface area (Å²) in [5, 5.41) is 4.10. The van der Waals surface area contributed by atoms with E-state index in [0.29, 0.717) is 12.2 Å². The van der Waals surface area contributed by atoms with Crippen molar-refractivity contribution in [3.8, 4) is 11.3 Å². The van der Waals surface area contributed by atoms with Gasteiger partial charge in [-0.1, -0.05) is 13.8 Å². The van der Waals surface area contributed by atoms with Crippen LogP contribution in [0.4, 0.5) is 0 Å². The normalized spacial score (nSPS) is 21.6. The summed E-state index contributed by atoms with van der Waals surface area (Å²) in [5.41, 5.74) is 3.44. The fourth-order valence-electron chi connectivity index (χ4n) is 3.70. The quantitative estimate of drug-likeness (QED) is 0.796. The second kappa shape index (κ2) is 6.89. The number of rotatable bonds is 5. The largest absolute Gasteiger partial charge is 0.378 e. The predicted molar refractivity (Wildman–Crippen MR) is 102 cm³/mol. The van der Waals surface area contributed by atoms with Gasteiger partial charge in [-0.15, -0.1) is 0 Å². The molecule has 4 nitrogen and oxygen atoms in total. The first-order valence-corrected chi connectivity index (χ1v) is 9.69. The summed E-state index contributed by atoms with van der Waals surface area (Å²) in [6.45, 7) is 8.99. The highest BCUT2D eigenvalue weighted by Crippen LogP contribution is 2.45. The van der Waals surface area contributed by atoms with Gasteiger partial charge >= 0.3 is 0 Å². The van der Waals surface area contributed by atoms with Crippen molar-refractivity contribution in [3.05, 3.63) is 40.2 Å². The molecule has 0 spiro atoms. The van der Waals surface area contributed by atoms with Gasteiger partial charge in [0.15, 0.2) is 0 Å². The molecule has 2 aromatic heterocycles. The lowest BCUT2D eigenvalue weighted by Crippen LogP contribution is -2.62. The first-order chi connectivity index (χ1) is 11.9. The van der Waals surface area contributed by atoms with Gasteiger partial charge in [0.2, 0.25) is 0 Å². The van der Waals surface area contributed by atoms with E-state index in [1.807, 2.05) is 49.4 Å². The summed E-state index contributed by atoms with van der Waals surface area (Å²) in [4.78, 5) is 19.5. The van der Waals surface area contributed by atoms with Gasteiger partial charge in [0.1, 0.15) is 0 Å². The van der Waals surface area contributed by atoms with Gasteiger partial charge in [-0.3, -0.25) is 9.78 Å². The summed E-state index contributed by atoms with van der Waals surface area (Å²) in [7, 11) is 1.89. The van der Waals surface area contributed by atoms with Gasteiger partial charge in [-0.25, -0.2) is 0 Å². The van der Waals surface area contributed by atoms with E-state index >= 15 is 0 Å². The Morgan fingerprint density at radius 1 is 1.40 bits per heavy atom. The third-order valence-electron chi connectivity index (χ3n) is 5.41. The van der Waals surface area contributed by atoms with Crippen LogP contribution in [-0.4, -0.2) is 41.6 Å². The molecule has 1 fully saturated rings. The number of aromatic nitrogens is 1. The molecule has 2 heterocycles. The molecular weight excluding hydrogens is 332 g/mol. The van der Waals surface area contributed by atoms with E-state index in [2.05, 4.69) is 24.2 Å². The molecule has 1 amide bonds. The number of carbonyl (C=O) groups excluding carboxylic acids is 1. The monoisotopic (exact) mass is 358 g/mol. The van der Waals surface area contributed by atoms with E-state index in [0.717, 1.165) is 23.4 Å². The Bertz CT molecular complexity index is 755. The number of ether oxygens (including phenoxy) is 1. The second-order valence-electron chi connectivity index (χ2n) is 7.27. The van der Waals surface area contributed by atoms with Crippen LogP contribution in [0.1, 0.15) is 43.2 Å². The Morgan fingerprint density at radius 3 is 2.72 bits per heavy atom. The number of amides is 1. The van der Waals surface area contributed by atoms with Crippen molar-refractivity contribution in [3.63, 3.8) is 0 Å². The maximum atomic E-state index is 13.0. The molecule has 1 saturated carbocycles. The first-order valence-electron chi connectivity index (χ1n) is 8.75. The molecule has 0 N–H and O–H groups in total. The van der Waals surface area contributed by atoms with Gasteiger partial charge in [0.25, 0.3) is 5.91 Å². The Morgan fingerprint density at radius 2 is 2.16 bits per heavy atom. The summed E-state index contributed by atoms with van der Waals surface area (Å²) in [6.07, 6.45) is 1.11. The van der Waals surface area contributed by atoms with E-state index in [1.165, 1.54) is 0 Å². The van der Waals surface area contributed by atoms with Crippen LogP contribution in [0, 0.1) is 12.3 Å². The fourth-order valence-corrected chi connectivity index (χ4v) is 4.34. The van der Waals surface area contributed by atoms with Crippen molar-refractivity contribution in [1.29, 1.82) is 0 Å². The molecule has 3 rings (SSSR count). The Labute approximate surface area is 153 Å². The van der Waals surface area contributed by atoms with Gasteiger partial charge < -0.3 is 9.64 Å². The molecular formula is C20H26N2O2S. The zero-order valence-electron chi connectivity index (χ0n) is 15.6. The maximum Gasteiger partial charge on any atom is 0.255 e. The molecule has 5 heteroatoms. The molecule has 0 aromatic carbocycles. The smallest absolute Gasteiger partial charge is 0.255 e. The van der Waals surface area contributed by atoms with Crippen LogP contribution in [0.15, 0.2) is 29.0 Å². The van der Waals surface area contributed by atoms with Crippen LogP contribution in [0.3, 0.4) is 0 Å². The van der Waals surface area contributed by atoms with Crippen molar-refractivity contribution in [2.75, 3.05) is 13.7 Å². The number of thiophene rings is 1. The van der Waals surface area contributed by atoms with E-state index in [1.54, 1.807) is 11.3 Å². The van der Waals surface area contributed by atoms with Crippen LogP contribution >= 0.6 is 11.3 Å². The number of aryl methyl sites for hydroxylation is 1. The van der Waals surface area contributed by atoms with Gasteiger partial charge in [-0.05, 0) is 43.8 Å². The maximum absolute atomic E-state index is 13.0. The molecule has 0 saturated heterocycles. The predicted octanol–water partition coefficient (Wildman–Crippen LogP) is 4.39. The zero-order chi connectivity index (χ0) is 18.2. The molecule has 1 aliphatic carbocycles. The van der Waals surface area contributed by atoms with Crippen LogP contribution in [0.5, 0.6) is 0 Å². The molecule has 25 heavy (non-hydrogen) atoms. The van der Waals surface area contributed by atoms with Crippen molar-refractivity contribution >= 4 is 17.2 Å². The van der Waals surface area contributed by atoms with Crippen molar-refractivity contribution < 1.29 is 9.53 Å². The molecule has 2 aromatic rings. The Kier molecular flexibility index (Phi) is 4.98. The highest BCUT2D eigenvalue weighted by Gasteiger charge is 2.51. The second-order valence-corrected chi connectivity index (χ2v) is 8.05. The van der Waals surface area contributed by atoms with Crippen LogP contribution in [0.2, 0.25) is 0 Å². The van der Waals surface area contributed by atoms with E-state index in [-0.39, 0.29) is 23.5 Å². The molecule has 134 valence electrons. The van der Waals surface area contributed by atoms with Crippen molar-refractivity contribution in [2.45, 2.75) is 46.3 Å². The number of nitrogens with zero attached hydrogens (tertiary/aromatic N) is 2. The number of carbonyl (C=O) groups is 1. The van der Waals surface area contributed by atoms with Gasteiger partial charge in [-0.2, -0.15) is 11.3 Å². The number of hydrogen-bond donors (Lipinski definition) is 0. The first kappa shape index (κ1) is 18.1. The summed E-state index contributed by atoms with van der Waals surface area (Å²) >= 11 is 1.65. The van der Waals surface area contributed by atoms with Crippen LogP contribution < -0.4 is 0 Å². The minimum atomic E-state index is -0.0294. The molecule has 0 unspecified atom stereocenters. The third kappa shape index (κ3) is 3.23. The van der Waals surface area contributed by atoms with E-state index in [9.17, 15) is 4.79 Å². The molecule has 2 atom stereocenters. The third-order valence-corrected chi connectivity index (χ3v) is 6.10. The molecule has 1 aliphatic rings. The van der Waals surface area contributed by atoms with E-state index < -0.39 is 0 Å². The highest BCUT2D eigenvalue weighted by molar-refractivity contribution is 7.08. The Balaban J connectivity index is 1.77. The molecule has 0 bridgehead atoms. The Hall–Kier alpha value is -1.72. The number of hydrogen-bond acceptors (Lipinski definition) is 4. The summed E-state index contributed by atoms with van der Waals surface area (Å²) in [5.74, 6) is 0.0369. The van der Waals surface area contributed by atoms with Crippen molar-refractivity contribution in [2.24, 2.45) is 5.41 Å². The number of pyridine rings is 1. The highest BCUT2D eigenvalue weighted by atomic mass is 32.1. The fraction of sp³-hybridized carbons (Fsp3) is 0.500. The summed E-state index contributed by atoms with van der Waals surface area (Å²) in [6, 6.07) is 6.07. The standard InChI is InChI=1S/C20H26N2O2S/c1-6-24-18-11-17(20(18,3)4)22(5)19(23)15-7-8-16(21-13(15)2)14-9-10-25-12-14/h7-10,12,17-18H,6,11H2,1-5H3/t17-,18+/m0/s1. The average molecular weight is 359 g/mol. The SMILES string of the molecule is CCO[C@@H]1C[C@H](N(C)C(=O)c2ccc(-c3ccsc3)nc2C)C1(C)C. The lowest BCUT2D eigenvalue weighted by atomic mass is 9.63. The molecule has 0 aliphatic heterocycles. The van der Waals surface area contributed by atoms with Crippen molar-refractivity contribution in [1.82, 2.24) is 9.88 Å². The average Bonchev–Trinajstić information content (AvgIpc) is 3.11. The lowest BCUT2D eigenvalue weighted by Gasteiger charge is -2.54. The van der Waals surface area contributed by atoms with Crippen LogP contribution in [-0.2, 0) is 4.74 Å².